The molecule has 1 aromatic carbocycles. The molecular formula is C16H20FN3O. The van der Waals surface area contributed by atoms with Crippen molar-refractivity contribution >= 4 is 11.6 Å². The number of nitrogens with zero attached hydrogens (tertiary/aromatic N) is 1. The maximum absolute atomic E-state index is 12.8. The van der Waals surface area contributed by atoms with E-state index in [0.717, 1.165) is 25.2 Å². The van der Waals surface area contributed by atoms with E-state index in [4.69, 9.17) is 0 Å². The smallest absolute Gasteiger partial charge is 0.244 e. The lowest BCUT2D eigenvalue weighted by Gasteiger charge is -2.10. The first kappa shape index (κ1) is 15.3. The molecule has 2 rings (SSSR count). The van der Waals surface area contributed by atoms with Crippen LogP contribution in [0.25, 0.3) is 0 Å². The Morgan fingerprint density at radius 3 is 2.71 bits per heavy atom. The Balaban J connectivity index is 1.90. The van der Waals surface area contributed by atoms with Gasteiger partial charge in [-0.3, -0.25) is 4.79 Å². The van der Waals surface area contributed by atoms with E-state index in [2.05, 4.69) is 17.6 Å². The van der Waals surface area contributed by atoms with Crippen LogP contribution in [0.1, 0.15) is 19.0 Å². The van der Waals surface area contributed by atoms with Crippen molar-refractivity contribution in [1.29, 1.82) is 0 Å². The summed E-state index contributed by atoms with van der Waals surface area (Å²) in [6, 6.07) is 9.66. The second-order valence-electron chi connectivity index (χ2n) is 4.86. The van der Waals surface area contributed by atoms with Crippen molar-refractivity contribution in [2.24, 2.45) is 0 Å². The molecule has 21 heavy (non-hydrogen) atoms. The van der Waals surface area contributed by atoms with Crippen LogP contribution in [0.5, 0.6) is 0 Å². The Morgan fingerprint density at radius 2 is 2.00 bits per heavy atom. The number of carbonyl (C=O) groups excluding carboxylic acids is 1. The van der Waals surface area contributed by atoms with Crippen LogP contribution in [0.4, 0.5) is 10.1 Å². The Labute approximate surface area is 124 Å². The Hall–Kier alpha value is -2.14. The first-order valence-electron chi connectivity index (χ1n) is 7.09. The van der Waals surface area contributed by atoms with Crippen molar-refractivity contribution in [1.82, 2.24) is 9.88 Å². The quantitative estimate of drug-likeness (QED) is 0.770. The number of anilines is 1. The highest BCUT2D eigenvalue weighted by atomic mass is 19.1. The third-order valence-electron chi connectivity index (χ3n) is 3.10. The first-order chi connectivity index (χ1) is 10.2. The second kappa shape index (κ2) is 7.59. The van der Waals surface area contributed by atoms with Crippen molar-refractivity contribution in [3.63, 3.8) is 0 Å². The molecule has 0 saturated carbocycles. The summed E-state index contributed by atoms with van der Waals surface area (Å²) in [6.07, 6.45) is 2.96. The molecule has 0 aliphatic carbocycles. The van der Waals surface area contributed by atoms with Crippen LogP contribution >= 0.6 is 0 Å². The first-order valence-corrected chi connectivity index (χ1v) is 7.09. The van der Waals surface area contributed by atoms with E-state index in [9.17, 15) is 9.18 Å². The number of aromatic nitrogens is 1. The van der Waals surface area contributed by atoms with E-state index >= 15 is 0 Å². The normalized spacial score (nSPS) is 10.6. The lowest BCUT2D eigenvalue weighted by Crippen LogP contribution is -2.22. The SMILES string of the molecule is CCCNCc1cccn1CC(=O)Nc1ccc(F)cc1. The molecule has 1 heterocycles. The number of nitrogens with one attached hydrogen (secondary N) is 2. The van der Waals surface area contributed by atoms with Crippen LogP contribution in [-0.2, 0) is 17.9 Å². The number of hydrogen-bond acceptors (Lipinski definition) is 2. The van der Waals surface area contributed by atoms with Crippen molar-refractivity contribution < 1.29 is 9.18 Å². The van der Waals surface area contributed by atoms with Gasteiger partial charge in [0.25, 0.3) is 0 Å². The molecule has 2 aromatic rings. The van der Waals surface area contributed by atoms with E-state index < -0.39 is 0 Å². The maximum atomic E-state index is 12.8. The van der Waals surface area contributed by atoms with Crippen molar-refractivity contribution in [3.05, 3.63) is 54.1 Å². The lowest BCUT2D eigenvalue weighted by atomic mass is 10.3. The van der Waals surface area contributed by atoms with E-state index in [0.29, 0.717) is 5.69 Å². The zero-order chi connectivity index (χ0) is 15.1. The van der Waals surface area contributed by atoms with Gasteiger partial charge in [-0.05, 0) is 49.4 Å². The maximum Gasteiger partial charge on any atom is 0.244 e. The van der Waals surface area contributed by atoms with E-state index in [1.165, 1.54) is 12.1 Å². The monoisotopic (exact) mass is 289 g/mol. The highest BCUT2D eigenvalue weighted by Crippen LogP contribution is 2.09. The number of hydrogen-bond donors (Lipinski definition) is 2. The molecule has 0 saturated heterocycles. The van der Waals surface area contributed by atoms with Gasteiger partial charge in [-0.1, -0.05) is 6.92 Å². The predicted octanol–water partition coefficient (Wildman–Crippen LogP) is 2.77. The fourth-order valence-corrected chi connectivity index (χ4v) is 2.05. The molecular weight excluding hydrogens is 269 g/mol. The standard InChI is InChI=1S/C16H20FN3O/c1-2-9-18-11-15-4-3-10-20(15)12-16(21)19-14-7-5-13(17)6-8-14/h3-8,10,18H,2,9,11-12H2,1H3,(H,19,21). The molecule has 1 amide bonds. The number of halogens is 1. The van der Waals surface area contributed by atoms with Gasteiger partial charge >= 0.3 is 0 Å². The molecule has 2 N–H and O–H groups in total. The van der Waals surface area contributed by atoms with Gasteiger partial charge in [0.1, 0.15) is 12.4 Å². The minimum Gasteiger partial charge on any atom is -0.341 e. The molecule has 0 aliphatic rings. The third-order valence-corrected chi connectivity index (χ3v) is 3.10. The fraction of sp³-hybridized carbons (Fsp3) is 0.312. The highest BCUT2D eigenvalue weighted by Gasteiger charge is 2.07. The predicted molar refractivity (Wildman–Crippen MR) is 81.5 cm³/mol. The van der Waals surface area contributed by atoms with Crippen LogP contribution in [-0.4, -0.2) is 17.0 Å². The summed E-state index contributed by atoms with van der Waals surface area (Å²) in [5, 5.41) is 6.07. The van der Waals surface area contributed by atoms with Crippen LogP contribution < -0.4 is 10.6 Å². The second-order valence-corrected chi connectivity index (χ2v) is 4.86. The summed E-state index contributed by atoms with van der Waals surface area (Å²) >= 11 is 0. The third kappa shape index (κ3) is 4.72. The molecule has 5 heteroatoms. The van der Waals surface area contributed by atoms with Gasteiger partial charge in [0.2, 0.25) is 5.91 Å². The molecule has 0 fully saturated rings. The molecule has 1 aromatic heterocycles. The van der Waals surface area contributed by atoms with Crippen LogP contribution in [0.2, 0.25) is 0 Å². The van der Waals surface area contributed by atoms with E-state index in [-0.39, 0.29) is 18.3 Å². The number of benzene rings is 1. The molecule has 0 radical (unpaired) electrons. The number of carbonyl (C=O) groups is 1. The summed E-state index contributed by atoms with van der Waals surface area (Å²) in [5.41, 5.74) is 1.66. The molecule has 0 aliphatic heterocycles. The topological polar surface area (TPSA) is 46.1 Å². The van der Waals surface area contributed by atoms with Crippen molar-refractivity contribution in [2.75, 3.05) is 11.9 Å². The van der Waals surface area contributed by atoms with Crippen LogP contribution in [0, 0.1) is 5.82 Å². The highest BCUT2D eigenvalue weighted by molar-refractivity contribution is 5.90. The van der Waals surface area contributed by atoms with Gasteiger partial charge in [0.05, 0.1) is 0 Å². The zero-order valence-electron chi connectivity index (χ0n) is 12.1. The van der Waals surface area contributed by atoms with Gasteiger partial charge in [-0.15, -0.1) is 0 Å². The van der Waals surface area contributed by atoms with Gasteiger partial charge in [-0.25, -0.2) is 4.39 Å². The molecule has 0 bridgehead atoms. The van der Waals surface area contributed by atoms with Gasteiger partial charge in [-0.2, -0.15) is 0 Å². The van der Waals surface area contributed by atoms with Gasteiger partial charge in [0, 0.05) is 24.1 Å². The lowest BCUT2D eigenvalue weighted by molar-refractivity contribution is -0.116. The fourth-order valence-electron chi connectivity index (χ4n) is 2.05. The van der Waals surface area contributed by atoms with Crippen molar-refractivity contribution in [2.45, 2.75) is 26.4 Å². The minimum absolute atomic E-state index is 0.130. The molecule has 0 spiro atoms. The van der Waals surface area contributed by atoms with Crippen LogP contribution in [0.3, 0.4) is 0 Å². The Kier molecular flexibility index (Phi) is 5.51. The average molecular weight is 289 g/mol. The van der Waals surface area contributed by atoms with Gasteiger partial charge < -0.3 is 15.2 Å². The minimum atomic E-state index is -0.317. The number of amides is 1. The molecule has 0 atom stereocenters. The number of rotatable bonds is 7. The Bertz CT molecular complexity index is 577. The van der Waals surface area contributed by atoms with E-state index in [1.807, 2.05) is 22.9 Å². The van der Waals surface area contributed by atoms with Crippen molar-refractivity contribution in [3.8, 4) is 0 Å². The zero-order valence-corrected chi connectivity index (χ0v) is 12.1. The summed E-state index contributed by atoms with van der Waals surface area (Å²) in [5.74, 6) is -0.447. The van der Waals surface area contributed by atoms with Gasteiger partial charge in [0.15, 0.2) is 0 Å². The Morgan fingerprint density at radius 1 is 1.24 bits per heavy atom. The molecule has 112 valence electrons. The summed E-state index contributed by atoms with van der Waals surface area (Å²) < 4.78 is 14.7. The van der Waals surface area contributed by atoms with E-state index in [1.54, 1.807) is 12.1 Å². The summed E-state index contributed by atoms with van der Waals surface area (Å²) in [4.78, 5) is 12.0. The molecule has 4 nitrogen and oxygen atoms in total. The largest absolute Gasteiger partial charge is 0.341 e. The van der Waals surface area contributed by atoms with Crippen LogP contribution in [0.15, 0.2) is 42.6 Å². The summed E-state index contributed by atoms with van der Waals surface area (Å²) in [6.45, 7) is 4.05. The molecule has 0 unspecified atom stereocenters. The average Bonchev–Trinajstić information content (AvgIpc) is 2.89. The summed E-state index contributed by atoms with van der Waals surface area (Å²) in [7, 11) is 0.